The van der Waals surface area contributed by atoms with E-state index in [-0.39, 0.29) is 0 Å². The van der Waals surface area contributed by atoms with Crippen LogP contribution in [-0.4, -0.2) is 8.75 Å². The van der Waals surface area contributed by atoms with Gasteiger partial charge in [0.25, 0.3) is 0 Å². The predicted molar refractivity (Wildman–Crippen MR) is 42.1 cm³/mol. The lowest BCUT2D eigenvalue weighted by Crippen LogP contribution is -1.64. The van der Waals surface area contributed by atoms with E-state index >= 15 is 0 Å². The first-order valence-corrected chi connectivity index (χ1v) is 4.36. The molecule has 0 saturated heterocycles. The molecule has 2 aromatic heterocycles. The minimum atomic E-state index is 1.04. The molecule has 1 radical (unpaired) electrons. The Morgan fingerprint density at radius 1 is 1.30 bits per heavy atom. The molecule has 0 saturated carbocycles. The molecule has 0 fully saturated rings. The van der Waals surface area contributed by atoms with Crippen molar-refractivity contribution < 1.29 is 0 Å². The van der Waals surface area contributed by atoms with Crippen molar-refractivity contribution >= 4 is 23.1 Å². The molecule has 0 amide bonds. The molecule has 4 heteroatoms. The monoisotopic (exact) mass is 167 g/mol. The molecule has 0 spiro atoms. The van der Waals surface area contributed by atoms with Gasteiger partial charge in [0.1, 0.15) is 6.20 Å². The fourth-order valence-electron chi connectivity index (χ4n) is 0.651. The fourth-order valence-corrected chi connectivity index (χ4v) is 1.69. The molecule has 0 aromatic carbocycles. The van der Waals surface area contributed by atoms with Crippen LogP contribution in [0, 0.1) is 6.20 Å². The van der Waals surface area contributed by atoms with Crippen molar-refractivity contribution in [3.05, 3.63) is 23.2 Å². The van der Waals surface area contributed by atoms with E-state index in [0.717, 1.165) is 11.1 Å². The van der Waals surface area contributed by atoms with E-state index in [1.165, 1.54) is 23.1 Å². The number of hydrogen-bond acceptors (Lipinski definition) is 4. The average molecular weight is 167 g/mol. The van der Waals surface area contributed by atoms with Crippen LogP contribution in [0.15, 0.2) is 17.0 Å². The molecule has 49 valence electrons. The van der Waals surface area contributed by atoms with Gasteiger partial charge in [-0.2, -0.15) is 4.37 Å². The van der Waals surface area contributed by atoms with E-state index in [1.807, 2.05) is 17.0 Å². The second kappa shape index (κ2) is 2.48. The second-order valence-corrected chi connectivity index (χ2v) is 3.04. The van der Waals surface area contributed by atoms with Gasteiger partial charge in [0.2, 0.25) is 0 Å². The van der Waals surface area contributed by atoms with Gasteiger partial charge in [0.05, 0.1) is 0 Å². The fraction of sp³-hybridized carbons (Fsp3) is 0. The molecule has 0 atom stereocenters. The van der Waals surface area contributed by atoms with Crippen LogP contribution >= 0.6 is 23.1 Å². The minimum Gasteiger partial charge on any atom is -0.201 e. The first-order valence-electron chi connectivity index (χ1n) is 2.68. The van der Waals surface area contributed by atoms with Gasteiger partial charge in [-0.3, -0.25) is 0 Å². The summed E-state index contributed by atoms with van der Waals surface area (Å²) in [4.78, 5) is 0. The summed E-state index contributed by atoms with van der Waals surface area (Å²) in [7, 11) is 0. The van der Waals surface area contributed by atoms with Crippen LogP contribution in [0.5, 0.6) is 0 Å². The van der Waals surface area contributed by atoms with E-state index in [4.69, 9.17) is 0 Å². The van der Waals surface area contributed by atoms with Crippen molar-refractivity contribution in [3.8, 4) is 11.1 Å². The molecule has 0 bridgehead atoms. The topological polar surface area (TPSA) is 25.8 Å². The van der Waals surface area contributed by atoms with Crippen molar-refractivity contribution in [2.75, 3.05) is 0 Å². The van der Waals surface area contributed by atoms with E-state index < -0.39 is 0 Å². The predicted octanol–water partition coefficient (Wildman–Crippen LogP) is 2.07. The summed E-state index contributed by atoms with van der Waals surface area (Å²) in [6, 6.07) is 0. The maximum absolute atomic E-state index is 3.98. The van der Waals surface area contributed by atoms with Crippen molar-refractivity contribution in [1.82, 2.24) is 8.75 Å². The van der Waals surface area contributed by atoms with Gasteiger partial charge < -0.3 is 0 Å². The zero-order chi connectivity index (χ0) is 6.81. The zero-order valence-corrected chi connectivity index (χ0v) is 6.58. The third-order valence-corrected chi connectivity index (χ3v) is 2.26. The Morgan fingerprint density at radius 2 is 2.30 bits per heavy atom. The van der Waals surface area contributed by atoms with Crippen molar-refractivity contribution in [2.24, 2.45) is 0 Å². The zero-order valence-electron chi connectivity index (χ0n) is 4.94. The van der Waals surface area contributed by atoms with Crippen LogP contribution in [0.2, 0.25) is 0 Å². The normalized spacial score (nSPS) is 10.0. The van der Waals surface area contributed by atoms with Crippen molar-refractivity contribution in [1.29, 1.82) is 0 Å². The Morgan fingerprint density at radius 3 is 2.90 bits per heavy atom. The highest BCUT2D eigenvalue weighted by Gasteiger charge is 1.98. The van der Waals surface area contributed by atoms with Gasteiger partial charge >= 0.3 is 0 Å². The Balaban J connectivity index is 2.48. The summed E-state index contributed by atoms with van der Waals surface area (Å²) in [6.45, 7) is 0. The lowest BCUT2D eigenvalue weighted by Gasteiger charge is -1.81. The van der Waals surface area contributed by atoms with Gasteiger partial charge in [-0.05, 0) is 23.1 Å². The minimum absolute atomic E-state index is 1.04. The van der Waals surface area contributed by atoms with Crippen molar-refractivity contribution in [3.63, 3.8) is 0 Å². The van der Waals surface area contributed by atoms with Crippen LogP contribution in [0.3, 0.4) is 0 Å². The SMILES string of the molecule is [c]1nscc1-c1cnsc1. The third-order valence-electron chi connectivity index (χ3n) is 1.13. The molecule has 2 rings (SSSR count). The molecule has 10 heavy (non-hydrogen) atoms. The highest BCUT2D eigenvalue weighted by atomic mass is 32.1. The summed E-state index contributed by atoms with van der Waals surface area (Å²) in [5, 5.41) is 3.95. The van der Waals surface area contributed by atoms with Gasteiger partial charge in [-0.25, -0.2) is 4.37 Å². The molecule has 2 aromatic rings. The largest absolute Gasteiger partial charge is 0.201 e. The maximum Gasteiger partial charge on any atom is 0.112 e. The number of aromatic nitrogens is 2. The number of hydrogen-bond donors (Lipinski definition) is 0. The third kappa shape index (κ3) is 0.955. The van der Waals surface area contributed by atoms with Crippen LogP contribution in [0.25, 0.3) is 11.1 Å². The average Bonchev–Trinajstić information content (AvgIpc) is 2.59. The van der Waals surface area contributed by atoms with E-state index in [9.17, 15) is 0 Å². The highest BCUT2D eigenvalue weighted by Crippen LogP contribution is 2.19. The smallest absolute Gasteiger partial charge is 0.112 e. The Bertz CT molecular complexity index is 253. The van der Waals surface area contributed by atoms with E-state index in [0.29, 0.717) is 0 Å². The molecule has 0 aliphatic heterocycles. The highest BCUT2D eigenvalue weighted by molar-refractivity contribution is 7.04. The number of rotatable bonds is 1. The van der Waals surface area contributed by atoms with Gasteiger partial charge in [0.15, 0.2) is 0 Å². The summed E-state index contributed by atoms with van der Waals surface area (Å²) >= 11 is 2.85. The molecule has 0 N–H and O–H groups in total. The summed E-state index contributed by atoms with van der Waals surface area (Å²) < 4.78 is 7.85. The standard InChI is InChI=1S/C6H3N2S2/c1-5(3-9-7-1)6-2-8-10-4-6/h1,3-4H. The Kier molecular flexibility index (Phi) is 1.49. The van der Waals surface area contributed by atoms with Crippen LogP contribution in [0.4, 0.5) is 0 Å². The van der Waals surface area contributed by atoms with Gasteiger partial charge in [-0.1, -0.05) is 0 Å². The van der Waals surface area contributed by atoms with Crippen molar-refractivity contribution in [2.45, 2.75) is 0 Å². The molecule has 2 nitrogen and oxygen atoms in total. The second-order valence-electron chi connectivity index (χ2n) is 1.75. The van der Waals surface area contributed by atoms with Gasteiger partial charge in [-0.15, -0.1) is 0 Å². The van der Waals surface area contributed by atoms with E-state index in [1.54, 1.807) is 0 Å². The van der Waals surface area contributed by atoms with Crippen LogP contribution in [-0.2, 0) is 0 Å². The Hall–Kier alpha value is -0.740. The number of nitrogens with zero attached hydrogens (tertiary/aromatic N) is 2. The molecule has 0 unspecified atom stereocenters. The quantitative estimate of drug-likeness (QED) is 0.649. The van der Waals surface area contributed by atoms with Crippen LogP contribution in [0.1, 0.15) is 0 Å². The maximum atomic E-state index is 3.98. The summed E-state index contributed by atoms with van der Waals surface area (Å²) in [5.74, 6) is 0. The van der Waals surface area contributed by atoms with Crippen LogP contribution < -0.4 is 0 Å². The molecule has 0 aliphatic carbocycles. The van der Waals surface area contributed by atoms with E-state index in [2.05, 4.69) is 14.9 Å². The van der Waals surface area contributed by atoms with Gasteiger partial charge in [0, 0.05) is 28.1 Å². The molecular formula is C6H3N2S2. The summed E-state index contributed by atoms with van der Waals surface area (Å²) in [6.07, 6.45) is 4.70. The lowest BCUT2D eigenvalue weighted by atomic mass is 10.2. The first kappa shape index (κ1) is 6.00. The summed E-state index contributed by atoms with van der Waals surface area (Å²) in [5.41, 5.74) is 2.15. The molecular weight excluding hydrogens is 164 g/mol. The first-order chi connectivity index (χ1) is 4.97. The molecule has 2 heterocycles. The lowest BCUT2D eigenvalue weighted by molar-refractivity contribution is 1.52. The molecule has 0 aliphatic rings. The Labute approximate surface area is 66.5 Å².